The van der Waals surface area contributed by atoms with Gasteiger partial charge in [0.05, 0.1) is 22.4 Å². The van der Waals surface area contributed by atoms with Gasteiger partial charge in [0.15, 0.2) is 0 Å². The Balaban J connectivity index is 2.62. The van der Waals surface area contributed by atoms with Gasteiger partial charge in [-0.05, 0) is 22.4 Å². The molecule has 18 heavy (non-hydrogen) atoms. The van der Waals surface area contributed by atoms with Crippen LogP contribution in [0.25, 0.3) is 0 Å². The topological polar surface area (TPSA) is 29.9 Å². The molecule has 0 saturated carbocycles. The lowest BCUT2D eigenvalue weighted by Gasteiger charge is -2.15. The van der Waals surface area contributed by atoms with Crippen molar-refractivity contribution in [2.24, 2.45) is 7.05 Å². The second-order valence-electron chi connectivity index (χ2n) is 3.85. The van der Waals surface area contributed by atoms with E-state index in [1.165, 1.54) is 4.68 Å². The number of aromatic nitrogens is 2. The molecule has 0 bridgehead atoms. The molecular weight excluding hydrogens is 318 g/mol. The lowest BCUT2D eigenvalue weighted by molar-refractivity contribution is -0.125. The van der Waals surface area contributed by atoms with Crippen LogP contribution < -0.4 is 5.32 Å². The quantitative estimate of drug-likeness (QED) is 0.812. The summed E-state index contributed by atoms with van der Waals surface area (Å²) in [5.74, 6) is -4.02. The van der Waals surface area contributed by atoms with Crippen LogP contribution in [0.3, 0.4) is 0 Å². The fourth-order valence-electron chi connectivity index (χ4n) is 1.44. The number of hydrogen-bond acceptors (Lipinski definition) is 2. The van der Waals surface area contributed by atoms with Gasteiger partial charge in [-0.3, -0.25) is 4.68 Å². The van der Waals surface area contributed by atoms with Crippen molar-refractivity contribution in [3.63, 3.8) is 0 Å². The van der Waals surface area contributed by atoms with Gasteiger partial charge in [-0.15, -0.1) is 0 Å². The summed E-state index contributed by atoms with van der Waals surface area (Å²) in [6.07, 6.45) is -2.96. The average Bonchev–Trinajstić information content (AvgIpc) is 2.55. The normalized spacial score (nSPS) is 12.4. The number of rotatable bonds is 6. The number of alkyl halides is 4. The summed E-state index contributed by atoms with van der Waals surface area (Å²) in [5, 5.41) is 6.49. The van der Waals surface area contributed by atoms with E-state index in [1.807, 2.05) is 6.92 Å². The number of nitrogens with one attached hydrogen (secondary N) is 1. The Morgan fingerprint density at radius 1 is 1.44 bits per heavy atom. The minimum Gasteiger partial charge on any atom is -0.305 e. The molecule has 1 rings (SSSR count). The molecule has 8 heteroatoms. The van der Waals surface area contributed by atoms with Gasteiger partial charge >= 0.3 is 12.3 Å². The Morgan fingerprint density at radius 2 is 2.06 bits per heavy atom. The fourth-order valence-corrected chi connectivity index (χ4v) is 2.19. The van der Waals surface area contributed by atoms with Gasteiger partial charge in [0.1, 0.15) is 0 Å². The molecule has 0 aromatic carbocycles. The van der Waals surface area contributed by atoms with Gasteiger partial charge in [0.25, 0.3) is 0 Å². The molecule has 0 aliphatic rings. The lowest BCUT2D eigenvalue weighted by atomic mass is 10.3. The minimum absolute atomic E-state index is 0.0480. The Labute approximate surface area is 111 Å². The maximum atomic E-state index is 12.7. The van der Waals surface area contributed by atoms with Crippen LogP contribution in [-0.4, -0.2) is 28.7 Å². The van der Waals surface area contributed by atoms with Crippen LogP contribution in [0.4, 0.5) is 17.6 Å². The van der Waals surface area contributed by atoms with Crippen molar-refractivity contribution >= 4 is 15.9 Å². The molecule has 1 N–H and O–H groups in total. The molecule has 0 fully saturated rings. The first-order chi connectivity index (χ1) is 8.29. The Bertz CT molecular complexity index is 406. The standard InChI is InChI=1S/C10H14BrF4N3/c1-3-6-8(11)7(18(2)17-6)4-16-5-10(14,15)9(12)13/h9,16H,3-5H2,1-2H3. The van der Waals surface area contributed by atoms with Crippen molar-refractivity contribution in [1.82, 2.24) is 15.1 Å². The van der Waals surface area contributed by atoms with Gasteiger partial charge < -0.3 is 5.32 Å². The molecule has 0 spiro atoms. The molecule has 104 valence electrons. The summed E-state index contributed by atoms with van der Waals surface area (Å²) >= 11 is 3.31. The minimum atomic E-state index is -4.02. The molecule has 0 radical (unpaired) electrons. The molecule has 1 heterocycles. The summed E-state index contributed by atoms with van der Waals surface area (Å²) in [6, 6.07) is 0. The maximum Gasteiger partial charge on any atom is 0.319 e. The highest BCUT2D eigenvalue weighted by Crippen LogP contribution is 2.23. The first kappa shape index (κ1) is 15.4. The SMILES string of the molecule is CCc1nn(C)c(CNCC(F)(F)C(F)F)c1Br. The highest BCUT2D eigenvalue weighted by atomic mass is 79.9. The highest BCUT2D eigenvalue weighted by Gasteiger charge is 2.40. The van der Waals surface area contributed by atoms with E-state index in [-0.39, 0.29) is 6.54 Å². The Kier molecular flexibility index (Phi) is 5.15. The van der Waals surface area contributed by atoms with Crippen LogP contribution in [0.5, 0.6) is 0 Å². The van der Waals surface area contributed by atoms with Crippen LogP contribution in [-0.2, 0) is 20.0 Å². The van der Waals surface area contributed by atoms with E-state index >= 15 is 0 Å². The number of aryl methyl sites for hydroxylation is 2. The Hall–Kier alpha value is -0.630. The molecule has 0 saturated heterocycles. The fraction of sp³-hybridized carbons (Fsp3) is 0.700. The monoisotopic (exact) mass is 331 g/mol. The largest absolute Gasteiger partial charge is 0.319 e. The van der Waals surface area contributed by atoms with E-state index in [0.717, 1.165) is 10.2 Å². The zero-order valence-electron chi connectivity index (χ0n) is 9.98. The van der Waals surface area contributed by atoms with Crippen LogP contribution in [0, 0.1) is 0 Å². The van der Waals surface area contributed by atoms with E-state index < -0.39 is 18.9 Å². The highest BCUT2D eigenvalue weighted by molar-refractivity contribution is 9.10. The van der Waals surface area contributed by atoms with Crippen molar-refractivity contribution in [2.75, 3.05) is 6.54 Å². The van der Waals surface area contributed by atoms with E-state index in [9.17, 15) is 17.6 Å². The van der Waals surface area contributed by atoms with Gasteiger partial charge in [-0.2, -0.15) is 13.9 Å². The third-order valence-electron chi connectivity index (χ3n) is 2.48. The number of hydrogen-bond donors (Lipinski definition) is 1. The third kappa shape index (κ3) is 3.44. The van der Waals surface area contributed by atoms with E-state index in [4.69, 9.17) is 0 Å². The van der Waals surface area contributed by atoms with Gasteiger partial charge in [0.2, 0.25) is 0 Å². The van der Waals surface area contributed by atoms with Gasteiger partial charge in [-0.25, -0.2) is 8.78 Å². The summed E-state index contributed by atoms with van der Waals surface area (Å²) in [4.78, 5) is 0. The second-order valence-corrected chi connectivity index (χ2v) is 4.64. The van der Waals surface area contributed by atoms with Crippen molar-refractivity contribution in [3.05, 3.63) is 15.9 Å². The van der Waals surface area contributed by atoms with Crippen LogP contribution in [0.15, 0.2) is 4.47 Å². The average molecular weight is 332 g/mol. The van der Waals surface area contributed by atoms with Crippen molar-refractivity contribution in [3.8, 4) is 0 Å². The zero-order chi connectivity index (χ0) is 13.9. The van der Waals surface area contributed by atoms with E-state index in [1.54, 1.807) is 7.05 Å². The third-order valence-corrected chi connectivity index (χ3v) is 3.39. The Morgan fingerprint density at radius 3 is 2.50 bits per heavy atom. The molecule has 0 aliphatic carbocycles. The summed E-state index contributed by atoms with van der Waals surface area (Å²) < 4.78 is 51.5. The summed E-state index contributed by atoms with van der Waals surface area (Å²) in [6.45, 7) is 0.894. The molecular formula is C10H14BrF4N3. The lowest BCUT2D eigenvalue weighted by Crippen LogP contribution is -2.38. The molecule has 0 atom stereocenters. The molecule has 3 nitrogen and oxygen atoms in total. The predicted octanol–water partition coefficient (Wildman–Crippen LogP) is 2.74. The van der Waals surface area contributed by atoms with Crippen molar-refractivity contribution in [2.45, 2.75) is 32.2 Å². The van der Waals surface area contributed by atoms with Crippen molar-refractivity contribution in [1.29, 1.82) is 0 Å². The van der Waals surface area contributed by atoms with Gasteiger partial charge in [0, 0.05) is 13.6 Å². The smallest absolute Gasteiger partial charge is 0.305 e. The molecule has 1 aromatic rings. The molecule has 0 amide bonds. The zero-order valence-corrected chi connectivity index (χ0v) is 11.6. The van der Waals surface area contributed by atoms with Crippen molar-refractivity contribution < 1.29 is 17.6 Å². The second kappa shape index (κ2) is 6.01. The number of halogens is 5. The number of nitrogens with zero attached hydrogens (tertiary/aromatic N) is 2. The van der Waals surface area contributed by atoms with Crippen LogP contribution in [0.1, 0.15) is 18.3 Å². The first-order valence-electron chi connectivity index (χ1n) is 5.36. The van der Waals surface area contributed by atoms with E-state index in [0.29, 0.717) is 12.1 Å². The maximum absolute atomic E-state index is 12.7. The summed E-state index contributed by atoms with van der Waals surface area (Å²) in [5.41, 5.74) is 1.45. The van der Waals surface area contributed by atoms with Crippen LogP contribution >= 0.6 is 15.9 Å². The van der Waals surface area contributed by atoms with Gasteiger partial charge in [-0.1, -0.05) is 6.92 Å². The van der Waals surface area contributed by atoms with E-state index in [2.05, 4.69) is 26.3 Å². The molecule has 1 aromatic heterocycles. The predicted molar refractivity (Wildman–Crippen MR) is 62.9 cm³/mol. The van der Waals surface area contributed by atoms with Crippen LogP contribution in [0.2, 0.25) is 0 Å². The molecule has 0 unspecified atom stereocenters. The molecule has 0 aliphatic heterocycles. The summed E-state index contributed by atoms with van der Waals surface area (Å²) in [7, 11) is 1.67. The first-order valence-corrected chi connectivity index (χ1v) is 6.15.